The van der Waals surface area contributed by atoms with Crippen molar-refractivity contribution in [2.24, 2.45) is 5.92 Å². The standard InChI is InChI=1S/C15H25NO/c1-10(2)15(9-17)16(6)14-8-12(4)11(3)7-13(14)5/h7-8,10,15,17H,9H2,1-6H3. The van der Waals surface area contributed by atoms with E-state index in [1.807, 2.05) is 0 Å². The van der Waals surface area contributed by atoms with Crippen LogP contribution in [0.4, 0.5) is 5.69 Å². The van der Waals surface area contributed by atoms with Gasteiger partial charge in [0.2, 0.25) is 0 Å². The highest BCUT2D eigenvalue weighted by Crippen LogP contribution is 2.26. The lowest BCUT2D eigenvalue weighted by Crippen LogP contribution is -2.39. The molecule has 1 atom stereocenters. The van der Waals surface area contributed by atoms with Crippen LogP contribution in [0.1, 0.15) is 30.5 Å². The Labute approximate surface area is 105 Å². The van der Waals surface area contributed by atoms with Crippen LogP contribution in [0.3, 0.4) is 0 Å². The second-order valence-electron chi connectivity index (χ2n) is 5.33. The topological polar surface area (TPSA) is 23.5 Å². The smallest absolute Gasteiger partial charge is 0.0637 e. The first-order valence-corrected chi connectivity index (χ1v) is 6.30. The molecule has 0 aliphatic carbocycles. The van der Waals surface area contributed by atoms with Crippen molar-refractivity contribution in [3.05, 3.63) is 28.8 Å². The number of aliphatic hydroxyl groups is 1. The summed E-state index contributed by atoms with van der Waals surface area (Å²) in [5.41, 5.74) is 5.12. The number of nitrogens with zero attached hydrogens (tertiary/aromatic N) is 1. The Morgan fingerprint density at radius 2 is 1.59 bits per heavy atom. The average Bonchev–Trinajstić information content (AvgIpc) is 2.23. The van der Waals surface area contributed by atoms with Crippen LogP contribution >= 0.6 is 0 Å². The molecule has 1 rings (SSSR count). The monoisotopic (exact) mass is 235 g/mol. The number of likely N-dealkylation sites (N-methyl/N-ethyl adjacent to an activating group) is 1. The van der Waals surface area contributed by atoms with Crippen LogP contribution in [-0.4, -0.2) is 24.8 Å². The summed E-state index contributed by atoms with van der Waals surface area (Å²) in [4.78, 5) is 2.20. The number of rotatable bonds is 4. The quantitative estimate of drug-likeness (QED) is 0.867. The predicted molar refractivity (Wildman–Crippen MR) is 74.8 cm³/mol. The lowest BCUT2D eigenvalue weighted by atomic mass is 10.00. The third-order valence-corrected chi connectivity index (χ3v) is 3.65. The summed E-state index contributed by atoms with van der Waals surface area (Å²) in [5, 5.41) is 9.50. The molecule has 1 unspecified atom stereocenters. The second kappa shape index (κ2) is 5.54. The summed E-state index contributed by atoms with van der Waals surface area (Å²) in [5.74, 6) is 0.436. The molecular weight excluding hydrogens is 210 g/mol. The molecule has 0 fully saturated rings. The van der Waals surface area contributed by atoms with Gasteiger partial charge in [0.15, 0.2) is 0 Å². The van der Waals surface area contributed by atoms with E-state index in [4.69, 9.17) is 0 Å². The highest BCUT2D eigenvalue weighted by atomic mass is 16.3. The molecule has 2 heteroatoms. The zero-order chi connectivity index (χ0) is 13.2. The summed E-state index contributed by atoms with van der Waals surface area (Å²) >= 11 is 0. The first kappa shape index (κ1) is 14.0. The molecule has 0 radical (unpaired) electrons. The third-order valence-electron chi connectivity index (χ3n) is 3.65. The highest BCUT2D eigenvalue weighted by Gasteiger charge is 2.19. The van der Waals surface area contributed by atoms with Gasteiger partial charge in [-0.2, -0.15) is 0 Å². The SMILES string of the molecule is Cc1cc(C)c(N(C)C(CO)C(C)C)cc1C. The van der Waals surface area contributed by atoms with Crippen molar-refractivity contribution in [3.63, 3.8) is 0 Å². The van der Waals surface area contributed by atoms with Gasteiger partial charge in [0, 0.05) is 12.7 Å². The van der Waals surface area contributed by atoms with Gasteiger partial charge in [-0.25, -0.2) is 0 Å². The fraction of sp³-hybridized carbons (Fsp3) is 0.600. The number of hydrogen-bond acceptors (Lipinski definition) is 2. The Morgan fingerprint density at radius 3 is 2.06 bits per heavy atom. The molecule has 0 saturated carbocycles. The summed E-state index contributed by atoms with van der Waals surface area (Å²) in [6, 6.07) is 4.61. The fourth-order valence-electron chi connectivity index (χ4n) is 2.28. The largest absolute Gasteiger partial charge is 0.394 e. The van der Waals surface area contributed by atoms with Crippen molar-refractivity contribution < 1.29 is 5.11 Å². The van der Waals surface area contributed by atoms with E-state index in [0.717, 1.165) is 0 Å². The third kappa shape index (κ3) is 3.01. The molecule has 0 bridgehead atoms. The zero-order valence-corrected chi connectivity index (χ0v) is 11.9. The zero-order valence-electron chi connectivity index (χ0n) is 11.9. The van der Waals surface area contributed by atoms with Crippen molar-refractivity contribution in [3.8, 4) is 0 Å². The van der Waals surface area contributed by atoms with E-state index in [1.165, 1.54) is 22.4 Å². The maximum absolute atomic E-state index is 9.50. The molecule has 1 aromatic rings. The van der Waals surface area contributed by atoms with Crippen LogP contribution < -0.4 is 4.90 Å². The molecule has 0 aromatic heterocycles. The van der Waals surface area contributed by atoms with Gasteiger partial charge < -0.3 is 10.0 Å². The van der Waals surface area contributed by atoms with Gasteiger partial charge in [-0.3, -0.25) is 0 Å². The van der Waals surface area contributed by atoms with Gasteiger partial charge in [0.1, 0.15) is 0 Å². The summed E-state index contributed by atoms with van der Waals surface area (Å²) in [6.07, 6.45) is 0. The highest BCUT2D eigenvalue weighted by molar-refractivity contribution is 5.57. The van der Waals surface area contributed by atoms with Crippen molar-refractivity contribution in [1.29, 1.82) is 0 Å². The van der Waals surface area contributed by atoms with Gasteiger partial charge >= 0.3 is 0 Å². The molecule has 0 aliphatic heterocycles. The minimum absolute atomic E-state index is 0.177. The van der Waals surface area contributed by atoms with Crippen molar-refractivity contribution >= 4 is 5.69 Å². The van der Waals surface area contributed by atoms with E-state index in [0.29, 0.717) is 5.92 Å². The van der Waals surface area contributed by atoms with Crippen LogP contribution in [0.5, 0.6) is 0 Å². The maximum Gasteiger partial charge on any atom is 0.0637 e. The Kier molecular flexibility index (Phi) is 4.58. The van der Waals surface area contributed by atoms with E-state index in [2.05, 4.69) is 58.7 Å². The molecule has 2 nitrogen and oxygen atoms in total. The van der Waals surface area contributed by atoms with E-state index >= 15 is 0 Å². The normalized spacial score (nSPS) is 12.9. The van der Waals surface area contributed by atoms with Crippen LogP contribution in [-0.2, 0) is 0 Å². The molecular formula is C15H25NO. The summed E-state index contributed by atoms with van der Waals surface area (Å²) in [7, 11) is 2.07. The van der Waals surface area contributed by atoms with Crippen LogP contribution in [0.2, 0.25) is 0 Å². The van der Waals surface area contributed by atoms with Crippen LogP contribution in [0, 0.1) is 26.7 Å². The van der Waals surface area contributed by atoms with E-state index in [9.17, 15) is 5.11 Å². The Hall–Kier alpha value is -1.02. The number of benzene rings is 1. The minimum Gasteiger partial charge on any atom is -0.394 e. The van der Waals surface area contributed by atoms with Gasteiger partial charge in [0.05, 0.1) is 12.6 Å². The number of aliphatic hydroxyl groups excluding tert-OH is 1. The van der Waals surface area contributed by atoms with Crippen LogP contribution in [0.15, 0.2) is 12.1 Å². The second-order valence-corrected chi connectivity index (χ2v) is 5.33. The Balaban J connectivity index is 3.11. The lowest BCUT2D eigenvalue weighted by Gasteiger charge is -2.33. The fourth-order valence-corrected chi connectivity index (χ4v) is 2.28. The predicted octanol–water partition coefficient (Wildman–Crippen LogP) is 3.06. The molecule has 0 amide bonds. The van der Waals surface area contributed by atoms with Crippen molar-refractivity contribution in [2.45, 2.75) is 40.7 Å². The summed E-state index contributed by atoms with van der Waals surface area (Å²) in [6.45, 7) is 10.9. The van der Waals surface area contributed by atoms with Gasteiger partial charge in [-0.05, 0) is 49.4 Å². The Bertz CT molecular complexity index is 385. The number of anilines is 1. The van der Waals surface area contributed by atoms with E-state index in [-0.39, 0.29) is 12.6 Å². The molecule has 17 heavy (non-hydrogen) atoms. The van der Waals surface area contributed by atoms with Crippen molar-refractivity contribution in [1.82, 2.24) is 0 Å². The lowest BCUT2D eigenvalue weighted by molar-refractivity contribution is 0.234. The number of hydrogen-bond donors (Lipinski definition) is 1. The minimum atomic E-state index is 0.177. The Morgan fingerprint density at radius 1 is 1.06 bits per heavy atom. The molecule has 0 heterocycles. The van der Waals surface area contributed by atoms with E-state index in [1.54, 1.807) is 0 Å². The number of aryl methyl sites for hydroxylation is 3. The average molecular weight is 235 g/mol. The maximum atomic E-state index is 9.50. The molecule has 96 valence electrons. The van der Waals surface area contributed by atoms with E-state index < -0.39 is 0 Å². The first-order chi connectivity index (χ1) is 7.88. The van der Waals surface area contributed by atoms with Gasteiger partial charge in [0.25, 0.3) is 0 Å². The molecule has 0 saturated heterocycles. The molecule has 0 aliphatic rings. The molecule has 0 spiro atoms. The molecule has 1 aromatic carbocycles. The first-order valence-electron chi connectivity index (χ1n) is 6.30. The van der Waals surface area contributed by atoms with Crippen molar-refractivity contribution in [2.75, 3.05) is 18.6 Å². The van der Waals surface area contributed by atoms with Crippen LogP contribution in [0.25, 0.3) is 0 Å². The van der Waals surface area contributed by atoms with Gasteiger partial charge in [-0.1, -0.05) is 19.9 Å². The van der Waals surface area contributed by atoms with Gasteiger partial charge in [-0.15, -0.1) is 0 Å². The summed E-state index contributed by atoms with van der Waals surface area (Å²) < 4.78 is 0. The molecule has 1 N–H and O–H groups in total.